The summed E-state index contributed by atoms with van der Waals surface area (Å²) >= 11 is -3.72. The van der Waals surface area contributed by atoms with Gasteiger partial charge >= 0.3 is 17.4 Å². The van der Waals surface area contributed by atoms with Crippen LogP contribution in [-0.2, 0) is 22.2 Å². The average Bonchev–Trinajstić information content (AvgIpc) is 1.25. The molecule has 0 N–H and O–H groups in total. The van der Waals surface area contributed by atoms with Gasteiger partial charge in [0.05, 0.1) is 0 Å². The van der Waals surface area contributed by atoms with Crippen LogP contribution in [0.2, 0.25) is 0 Å². The Bertz CT molecular complexity index is 79.3. The Morgan fingerprint density at radius 2 is 1.11 bits per heavy atom. The average molecular weight is 186 g/mol. The van der Waals surface area contributed by atoms with Crippen LogP contribution in [0.3, 0.4) is 0 Å². The summed E-state index contributed by atoms with van der Waals surface area (Å²) in [6.45, 7) is 0. The van der Waals surface area contributed by atoms with Crippen LogP contribution in [-0.4, -0.2) is 47.4 Å². The molecular formula is C2H7AlO4S2. The first-order valence-electron chi connectivity index (χ1n) is 1.48. The Kier molecular flexibility index (Phi) is 21.0. The first-order chi connectivity index (χ1) is 3.46. The van der Waals surface area contributed by atoms with E-state index in [-0.39, 0.29) is 18.8 Å². The Morgan fingerprint density at radius 1 is 1.11 bits per heavy atom. The Morgan fingerprint density at radius 3 is 1.11 bits per heavy atom. The molecule has 0 bridgehead atoms. The minimum atomic E-state index is -1.86. The third-order valence-corrected chi connectivity index (χ3v) is 0. The molecule has 0 spiro atoms. The van der Waals surface area contributed by atoms with Crippen molar-refractivity contribution in [2.24, 2.45) is 0 Å². The topological polar surface area (TPSA) is 80.3 Å². The van der Waals surface area contributed by atoms with Gasteiger partial charge < -0.3 is 10.5 Å². The standard InChI is InChI=1S/2CH4O2S.Al.H/c2*1-4(2)3;;/h2*1H3,(H,2,3);;/q;;+3;-1/p-2. The van der Waals surface area contributed by atoms with Crippen molar-refractivity contribution in [1.29, 1.82) is 0 Å². The van der Waals surface area contributed by atoms with Crippen LogP contribution in [0.4, 0.5) is 0 Å². The van der Waals surface area contributed by atoms with E-state index in [0.29, 0.717) is 0 Å². The molecule has 0 aromatic rings. The molecule has 0 rings (SSSR count). The Labute approximate surface area is 71.2 Å². The summed E-state index contributed by atoms with van der Waals surface area (Å²) in [6, 6.07) is 0. The van der Waals surface area contributed by atoms with E-state index in [1.165, 1.54) is 0 Å². The van der Waals surface area contributed by atoms with E-state index in [1.807, 2.05) is 0 Å². The summed E-state index contributed by atoms with van der Waals surface area (Å²) < 4.78 is 36.0. The first-order valence-corrected chi connectivity index (χ1v) is 4.45. The third-order valence-electron chi connectivity index (χ3n) is 0. The zero-order chi connectivity index (χ0) is 7.15. The third kappa shape index (κ3) is 705. The molecule has 54 valence electrons. The maximum absolute atomic E-state index is 9.00. The Hall–Kier alpha value is 0.752. The van der Waals surface area contributed by atoms with Crippen molar-refractivity contribution >= 4 is 39.5 Å². The van der Waals surface area contributed by atoms with Gasteiger partial charge in [0.1, 0.15) is 0 Å². The van der Waals surface area contributed by atoms with Crippen molar-refractivity contribution in [2.75, 3.05) is 12.5 Å². The minimum absolute atomic E-state index is 0. The van der Waals surface area contributed by atoms with Crippen molar-refractivity contribution < 1.29 is 18.9 Å². The molecule has 0 saturated carbocycles. The molecule has 2 unspecified atom stereocenters. The van der Waals surface area contributed by atoms with E-state index < -0.39 is 22.2 Å². The van der Waals surface area contributed by atoms with Gasteiger partial charge in [-0.25, -0.2) is 0 Å². The molecule has 0 aromatic heterocycles. The number of rotatable bonds is 0. The van der Waals surface area contributed by atoms with Crippen LogP contribution < -0.4 is 0 Å². The fourth-order valence-electron chi connectivity index (χ4n) is 0. The molecule has 0 aliphatic carbocycles. The Balaban J connectivity index is -0.0000000300. The fraction of sp³-hybridized carbons (Fsp3) is 1.00. The molecule has 4 nitrogen and oxygen atoms in total. The fourth-order valence-corrected chi connectivity index (χ4v) is 0. The van der Waals surface area contributed by atoms with E-state index in [0.717, 1.165) is 12.5 Å². The monoisotopic (exact) mass is 186 g/mol. The van der Waals surface area contributed by atoms with Crippen molar-refractivity contribution in [3.63, 3.8) is 0 Å². The second kappa shape index (κ2) is 11.5. The molecule has 0 amide bonds. The smallest absolute Gasteiger partial charge is 1.00 e. The van der Waals surface area contributed by atoms with Crippen molar-refractivity contribution in [3.05, 3.63) is 0 Å². The van der Waals surface area contributed by atoms with E-state index >= 15 is 0 Å². The zero-order valence-corrected chi connectivity index (χ0v) is 7.81. The largest absolute Gasteiger partial charge is 3.00 e. The van der Waals surface area contributed by atoms with Gasteiger partial charge in [0, 0.05) is 0 Å². The van der Waals surface area contributed by atoms with Gasteiger partial charge in [-0.3, -0.25) is 8.42 Å². The number of hydrogen-bond acceptors (Lipinski definition) is 4. The van der Waals surface area contributed by atoms with Gasteiger partial charge in [-0.15, -0.1) is 0 Å². The van der Waals surface area contributed by atoms with Crippen LogP contribution in [0.5, 0.6) is 0 Å². The molecule has 7 heteroatoms. The van der Waals surface area contributed by atoms with E-state index in [2.05, 4.69) is 0 Å². The van der Waals surface area contributed by atoms with Crippen molar-refractivity contribution in [2.45, 2.75) is 0 Å². The van der Waals surface area contributed by atoms with Gasteiger partial charge in [0.25, 0.3) is 0 Å². The van der Waals surface area contributed by atoms with E-state index in [1.54, 1.807) is 0 Å². The zero-order valence-electron chi connectivity index (χ0n) is 6.03. The summed E-state index contributed by atoms with van der Waals surface area (Å²) in [5.41, 5.74) is 0. The molecule has 2 atom stereocenters. The van der Waals surface area contributed by atoms with Crippen molar-refractivity contribution in [3.8, 4) is 0 Å². The van der Waals surface area contributed by atoms with Crippen LogP contribution in [0, 0.1) is 0 Å². The molecule has 0 heterocycles. The minimum Gasteiger partial charge on any atom is -1.00 e. The molecule has 0 radical (unpaired) electrons. The van der Waals surface area contributed by atoms with Gasteiger partial charge in [-0.2, -0.15) is 0 Å². The first kappa shape index (κ1) is 16.4. The quantitative estimate of drug-likeness (QED) is 0.348. The predicted molar refractivity (Wildman–Crippen MR) is 36.6 cm³/mol. The van der Waals surface area contributed by atoms with Gasteiger partial charge in [0.15, 0.2) is 0 Å². The second-order valence-electron chi connectivity index (χ2n) is 0.803. The normalized spacial score (nSPS) is 13.8. The maximum atomic E-state index is 9.00. The van der Waals surface area contributed by atoms with Crippen molar-refractivity contribution in [1.82, 2.24) is 0 Å². The number of hydrogen-bond donors (Lipinski definition) is 0. The molecule has 0 fully saturated rings. The van der Waals surface area contributed by atoms with Crippen LogP contribution in [0.1, 0.15) is 1.43 Å². The van der Waals surface area contributed by atoms with Gasteiger partial charge in [-0.05, 0) is 12.5 Å². The van der Waals surface area contributed by atoms with Gasteiger partial charge in [0.2, 0.25) is 0 Å². The summed E-state index contributed by atoms with van der Waals surface area (Å²) in [7, 11) is 0. The summed E-state index contributed by atoms with van der Waals surface area (Å²) in [6.07, 6.45) is 2.17. The molecular weight excluding hydrogens is 179 g/mol. The molecule has 0 aromatic carbocycles. The van der Waals surface area contributed by atoms with Crippen LogP contribution in [0.25, 0.3) is 0 Å². The van der Waals surface area contributed by atoms with E-state index in [9.17, 15) is 0 Å². The second-order valence-corrected chi connectivity index (χ2v) is 2.41. The van der Waals surface area contributed by atoms with Crippen LogP contribution >= 0.6 is 0 Å². The van der Waals surface area contributed by atoms with Gasteiger partial charge in [-0.1, -0.05) is 22.2 Å². The van der Waals surface area contributed by atoms with Crippen LogP contribution in [0.15, 0.2) is 0 Å². The SMILES string of the molecule is CS(=O)[O-].CS(=O)[O-].[Al+3].[H-]. The van der Waals surface area contributed by atoms with E-state index in [4.69, 9.17) is 17.5 Å². The molecule has 0 aliphatic rings. The molecule has 0 aliphatic heterocycles. The summed E-state index contributed by atoms with van der Waals surface area (Å²) in [4.78, 5) is 0. The molecule has 9 heavy (non-hydrogen) atoms. The maximum Gasteiger partial charge on any atom is 3.00 e. The predicted octanol–water partition coefficient (Wildman–Crippen LogP) is -1.28. The summed E-state index contributed by atoms with van der Waals surface area (Å²) in [5, 5.41) is 0. The molecule has 0 saturated heterocycles. The summed E-state index contributed by atoms with van der Waals surface area (Å²) in [5.74, 6) is 0.